The van der Waals surface area contributed by atoms with Crippen LogP contribution in [-0.2, 0) is 11.3 Å². The Morgan fingerprint density at radius 1 is 1.14 bits per heavy atom. The van der Waals surface area contributed by atoms with E-state index in [1.165, 1.54) is 12.1 Å². The molecule has 2 aromatic carbocycles. The molecule has 0 aromatic heterocycles. The molecule has 156 valence electrons. The Morgan fingerprint density at radius 3 is 2.41 bits per heavy atom. The van der Waals surface area contributed by atoms with E-state index in [2.05, 4.69) is 4.90 Å². The van der Waals surface area contributed by atoms with Crippen LogP contribution in [0.15, 0.2) is 36.4 Å². The summed E-state index contributed by atoms with van der Waals surface area (Å²) in [6.45, 7) is 7.43. The van der Waals surface area contributed by atoms with E-state index in [9.17, 15) is 9.18 Å². The number of benzene rings is 2. The molecule has 0 saturated carbocycles. The van der Waals surface area contributed by atoms with Crippen molar-refractivity contribution in [1.29, 1.82) is 0 Å². The first-order valence-corrected chi connectivity index (χ1v) is 9.84. The van der Waals surface area contributed by atoms with Crippen molar-refractivity contribution in [2.45, 2.75) is 26.8 Å². The Balaban J connectivity index is 0.000000941. The number of carbonyl (C=O) groups is 2. The number of amides is 1. The van der Waals surface area contributed by atoms with Crippen LogP contribution < -0.4 is 0 Å². The second-order valence-corrected chi connectivity index (χ2v) is 7.51. The van der Waals surface area contributed by atoms with Crippen molar-refractivity contribution in [3.8, 4) is 0 Å². The van der Waals surface area contributed by atoms with E-state index in [-0.39, 0.29) is 18.2 Å². The number of halogens is 2. The Hall–Kier alpha value is -2.44. The number of nitrogens with zero attached hydrogens (tertiary/aromatic N) is 2. The zero-order valence-electron chi connectivity index (χ0n) is 16.7. The highest BCUT2D eigenvalue weighted by atomic mass is 35.5. The summed E-state index contributed by atoms with van der Waals surface area (Å²) >= 11 is 5.95. The van der Waals surface area contributed by atoms with E-state index in [0.717, 1.165) is 48.3 Å². The molecule has 29 heavy (non-hydrogen) atoms. The standard InChI is InChI=1S/C21H24ClFN2O.CH2O2/c1-15-5-3-6-16(2)20(15)21(26)25-8-4-7-24(9-10-25)14-17-11-18(22)13-19(23)12-17;2-1-3/h3,5-6,11-13H,4,7-10,14H2,1-2H3;1H,(H,2,3). The number of hydrogen-bond donors (Lipinski definition) is 1. The van der Waals surface area contributed by atoms with Gasteiger partial charge in [-0.25, -0.2) is 4.39 Å². The molecule has 1 aliphatic heterocycles. The van der Waals surface area contributed by atoms with Crippen LogP contribution in [0.4, 0.5) is 4.39 Å². The van der Waals surface area contributed by atoms with E-state index >= 15 is 0 Å². The Morgan fingerprint density at radius 2 is 1.79 bits per heavy atom. The maximum Gasteiger partial charge on any atom is 0.290 e. The summed E-state index contributed by atoms with van der Waals surface area (Å²) in [7, 11) is 0. The quantitative estimate of drug-likeness (QED) is 0.758. The highest BCUT2D eigenvalue weighted by Crippen LogP contribution is 2.19. The van der Waals surface area contributed by atoms with Crippen molar-refractivity contribution in [3.63, 3.8) is 0 Å². The van der Waals surface area contributed by atoms with Gasteiger partial charge in [-0.2, -0.15) is 0 Å². The van der Waals surface area contributed by atoms with Crippen molar-refractivity contribution in [1.82, 2.24) is 9.80 Å². The molecule has 7 heteroatoms. The predicted octanol–water partition coefficient (Wildman–Crippen LogP) is 4.14. The van der Waals surface area contributed by atoms with Crippen molar-refractivity contribution >= 4 is 24.0 Å². The summed E-state index contributed by atoms with van der Waals surface area (Å²) in [4.78, 5) is 25.5. The molecule has 3 rings (SSSR count). The molecule has 5 nitrogen and oxygen atoms in total. The molecule has 0 bridgehead atoms. The normalized spacial score (nSPS) is 14.6. The second kappa shape index (κ2) is 10.9. The smallest absolute Gasteiger partial charge is 0.290 e. The molecular weight excluding hydrogens is 395 g/mol. The molecule has 1 heterocycles. The lowest BCUT2D eigenvalue weighted by molar-refractivity contribution is -0.122. The predicted molar refractivity (Wildman–Crippen MR) is 112 cm³/mol. The van der Waals surface area contributed by atoms with Crippen LogP contribution in [0.1, 0.15) is 33.5 Å². The van der Waals surface area contributed by atoms with E-state index in [1.54, 1.807) is 6.07 Å². The summed E-state index contributed by atoms with van der Waals surface area (Å²) in [6, 6.07) is 10.6. The topological polar surface area (TPSA) is 60.9 Å². The third-order valence-electron chi connectivity index (χ3n) is 4.90. The average molecular weight is 421 g/mol. The highest BCUT2D eigenvalue weighted by molar-refractivity contribution is 6.30. The van der Waals surface area contributed by atoms with Crippen molar-refractivity contribution < 1.29 is 19.1 Å². The fourth-order valence-electron chi connectivity index (χ4n) is 3.60. The maximum absolute atomic E-state index is 13.5. The van der Waals surface area contributed by atoms with Gasteiger partial charge in [0.1, 0.15) is 5.82 Å². The molecule has 2 aromatic rings. The zero-order valence-corrected chi connectivity index (χ0v) is 17.5. The fraction of sp³-hybridized carbons (Fsp3) is 0.364. The largest absolute Gasteiger partial charge is 0.483 e. The van der Waals surface area contributed by atoms with Gasteiger partial charge in [0.15, 0.2) is 0 Å². The second-order valence-electron chi connectivity index (χ2n) is 7.07. The molecule has 1 aliphatic rings. The Labute approximate surface area is 175 Å². The zero-order chi connectivity index (χ0) is 21.4. The van der Waals surface area contributed by atoms with Crippen LogP contribution in [0.5, 0.6) is 0 Å². The molecular formula is C22H26ClFN2O3. The number of hydrogen-bond acceptors (Lipinski definition) is 3. The monoisotopic (exact) mass is 420 g/mol. The summed E-state index contributed by atoms with van der Waals surface area (Å²) in [5, 5.41) is 7.31. The minimum absolute atomic E-state index is 0.108. The van der Waals surface area contributed by atoms with Gasteiger partial charge in [0.25, 0.3) is 12.4 Å². The van der Waals surface area contributed by atoms with Crippen LogP contribution in [-0.4, -0.2) is 53.5 Å². The lowest BCUT2D eigenvalue weighted by atomic mass is 10.0. The third-order valence-corrected chi connectivity index (χ3v) is 5.12. The molecule has 1 N–H and O–H groups in total. The van der Waals surface area contributed by atoms with Crippen LogP contribution >= 0.6 is 11.6 Å². The minimum Gasteiger partial charge on any atom is -0.483 e. The minimum atomic E-state index is -0.311. The Bertz CT molecular complexity index is 819. The summed E-state index contributed by atoms with van der Waals surface area (Å²) < 4.78 is 13.5. The van der Waals surface area contributed by atoms with Crippen molar-refractivity contribution in [2.75, 3.05) is 26.2 Å². The van der Waals surface area contributed by atoms with Crippen LogP contribution in [0.25, 0.3) is 0 Å². The maximum atomic E-state index is 13.5. The summed E-state index contributed by atoms with van der Waals surface area (Å²) in [5.74, 6) is -0.203. The van der Waals surface area contributed by atoms with Gasteiger partial charge in [-0.15, -0.1) is 0 Å². The molecule has 1 fully saturated rings. The van der Waals surface area contributed by atoms with Gasteiger partial charge in [0.2, 0.25) is 0 Å². The first kappa shape index (κ1) is 22.8. The van der Waals surface area contributed by atoms with Crippen LogP contribution in [0.2, 0.25) is 5.02 Å². The average Bonchev–Trinajstić information content (AvgIpc) is 2.87. The van der Waals surface area contributed by atoms with Crippen molar-refractivity contribution in [2.24, 2.45) is 0 Å². The summed E-state index contributed by atoms with van der Waals surface area (Å²) in [5.41, 5.74) is 3.72. The van der Waals surface area contributed by atoms with Gasteiger partial charge in [-0.3, -0.25) is 14.5 Å². The molecule has 0 radical (unpaired) electrons. The lowest BCUT2D eigenvalue weighted by Gasteiger charge is -2.23. The molecule has 0 unspecified atom stereocenters. The first-order valence-electron chi connectivity index (χ1n) is 9.46. The Kier molecular flexibility index (Phi) is 8.61. The fourth-order valence-corrected chi connectivity index (χ4v) is 3.85. The van der Waals surface area contributed by atoms with Crippen molar-refractivity contribution in [3.05, 3.63) is 69.5 Å². The SMILES string of the molecule is Cc1cccc(C)c1C(=O)N1CCCN(Cc2cc(F)cc(Cl)c2)CC1.O=CO. The number of rotatable bonds is 3. The highest BCUT2D eigenvalue weighted by Gasteiger charge is 2.22. The van der Waals surface area contributed by atoms with Gasteiger partial charge >= 0.3 is 0 Å². The van der Waals surface area contributed by atoms with Crippen LogP contribution in [0.3, 0.4) is 0 Å². The van der Waals surface area contributed by atoms with E-state index in [1.807, 2.05) is 36.9 Å². The van der Waals surface area contributed by atoms with E-state index < -0.39 is 0 Å². The van der Waals surface area contributed by atoms with Gasteiger partial charge in [0, 0.05) is 43.3 Å². The molecule has 1 saturated heterocycles. The van der Waals surface area contributed by atoms with E-state index in [0.29, 0.717) is 18.1 Å². The molecule has 0 aliphatic carbocycles. The van der Waals surface area contributed by atoms with Gasteiger partial charge in [-0.1, -0.05) is 29.8 Å². The molecule has 0 atom stereocenters. The van der Waals surface area contributed by atoms with Gasteiger partial charge < -0.3 is 10.0 Å². The molecule has 1 amide bonds. The number of carboxylic acid groups (broad SMARTS) is 1. The summed E-state index contributed by atoms with van der Waals surface area (Å²) in [6.07, 6.45) is 0.902. The van der Waals surface area contributed by atoms with Gasteiger partial charge in [-0.05, 0) is 55.2 Å². The number of carbonyl (C=O) groups excluding carboxylic acids is 1. The first-order chi connectivity index (χ1) is 13.8. The van der Waals surface area contributed by atoms with Crippen LogP contribution in [0, 0.1) is 19.7 Å². The van der Waals surface area contributed by atoms with Gasteiger partial charge in [0.05, 0.1) is 0 Å². The molecule has 0 spiro atoms. The lowest BCUT2D eigenvalue weighted by Crippen LogP contribution is -2.35. The third kappa shape index (κ3) is 6.54. The van der Waals surface area contributed by atoms with E-state index in [4.69, 9.17) is 21.5 Å². The number of aryl methyl sites for hydroxylation is 2.